The number of aliphatic hydroxyl groups excluding tert-OH is 1. The molecule has 3 aromatic rings. The number of thiazole rings is 1. The highest BCUT2D eigenvalue weighted by Crippen LogP contribution is 2.31. The number of nitrogens with zero attached hydrogens (tertiary/aromatic N) is 3. The van der Waals surface area contributed by atoms with E-state index in [1.807, 2.05) is 50.5 Å². The van der Waals surface area contributed by atoms with E-state index >= 15 is 0 Å². The molecule has 1 amide bonds. The lowest BCUT2D eigenvalue weighted by Gasteiger charge is -2.30. The molecule has 1 aliphatic heterocycles. The van der Waals surface area contributed by atoms with Crippen LogP contribution < -0.4 is 0 Å². The Morgan fingerprint density at radius 2 is 1.97 bits per heavy atom. The summed E-state index contributed by atoms with van der Waals surface area (Å²) in [5.41, 5.74) is 5.90. The normalized spacial score (nSPS) is 18.9. The molecule has 1 aromatic carbocycles. The van der Waals surface area contributed by atoms with Gasteiger partial charge in [-0.25, -0.2) is 4.98 Å². The largest absolute Gasteiger partial charge is 0.391 e. The molecule has 7 heteroatoms. The van der Waals surface area contributed by atoms with E-state index in [0.717, 1.165) is 27.3 Å². The first-order chi connectivity index (χ1) is 16.3. The maximum Gasteiger partial charge on any atom is 0.231 e. The van der Waals surface area contributed by atoms with Crippen molar-refractivity contribution < 1.29 is 14.7 Å². The number of benzene rings is 1. The Labute approximate surface area is 204 Å². The third-order valence-corrected chi connectivity index (χ3v) is 7.51. The van der Waals surface area contributed by atoms with Gasteiger partial charge in [0, 0.05) is 31.8 Å². The Kier molecular flexibility index (Phi) is 7.54. The van der Waals surface area contributed by atoms with E-state index in [2.05, 4.69) is 22.1 Å². The number of aromatic nitrogens is 2. The van der Waals surface area contributed by atoms with Crippen molar-refractivity contribution >= 4 is 23.0 Å². The Balaban J connectivity index is 1.43. The lowest BCUT2D eigenvalue weighted by atomic mass is 9.87. The number of carbonyl (C=O) groups is 2. The monoisotopic (exact) mass is 477 g/mol. The first kappa shape index (κ1) is 24.2. The molecule has 0 spiro atoms. The molecule has 1 aliphatic rings. The zero-order chi connectivity index (χ0) is 24.2. The number of aryl methyl sites for hydroxylation is 2. The van der Waals surface area contributed by atoms with Crippen LogP contribution in [0, 0.1) is 12.8 Å². The van der Waals surface area contributed by atoms with Crippen molar-refractivity contribution in [3.63, 3.8) is 0 Å². The minimum atomic E-state index is -0.679. The summed E-state index contributed by atoms with van der Waals surface area (Å²) >= 11 is 1.62. The number of Topliss-reactive ketones (excluding diaryl/α,β-unsaturated/α-hetero) is 1. The molecule has 4 rings (SSSR count). The molecule has 34 heavy (non-hydrogen) atoms. The number of likely N-dealkylation sites (tertiary alicyclic amines) is 1. The molecule has 0 radical (unpaired) electrons. The molecule has 1 N–H and O–H groups in total. The van der Waals surface area contributed by atoms with Gasteiger partial charge in [0.2, 0.25) is 5.91 Å². The second-order valence-corrected chi connectivity index (χ2v) is 10.2. The smallest absolute Gasteiger partial charge is 0.231 e. The predicted molar refractivity (Wildman–Crippen MR) is 134 cm³/mol. The van der Waals surface area contributed by atoms with E-state index in [9.17, 15) is 14.7 Å². The number of hydrogen-bond donors (Lipinski definition) is 1. The number of hydrogen-bond acceptors (Lipinski definition) is 6. The van der Waals surface area contributed by atoms with Crippen LogP contribution in [0.15, 0.2) is 54.3 Å². The van der Waals surface area contributed by atoms with Gasteiger partial charge >= 0.3 is 0 Å². The first-order valence-electron chi connectivity index (χ1n) is 11.8. The van der Waals surface area contributed by atoms with Crippen molar-refractivity contribution in [3.05, 3.63) is 71.1 Å². The van der Waals surface area contributed by atoms with Crippen LogP contribution in [0.5, 0.6) is 0 Å². The number of pyridine rings is 1. The summed E-state index contributed by atoms with van der Waals surface area (Å²) in [5.74, 6) is -0.453. The third kappa shape index (κ3) is 5.26. The lowest BCUT2D eigenvalue weighted by Crippen LogP contribution is -2.44. The van der Waals surface area contributed by atoms with Crippen LogP contribution in [0.1, 0.15) is 49.4 Å². The molecule has 0 aliphatic carbocycles. The van der Waals surface area contributed by atoms with Gasteiger partial charge < -0.3 is 10.0 Å². The number of carbonyl (C=O) groups excluding carboxylic acids is 2. The average Bonchev–Trinajstić information content (AvgIpc) is 3.44. The number of β-amino-alcohol motifs (C(OH)–C–C–N with tert-alkyl or cyclic N) is 1. The molecule has 0 unspecified atom stereocenters. The quantitative estimate of drug-likeness (QED) is 0.519. The number of amides is 1. The molecule has 2 aromatic heterocycles. The standard InChI is InChI=1S/C27H31N3O3S/c1-17(2)25(21-5-4-12-28-14-21)27(33)30-15-22(31)13-23(30)24(32)11-8-19-6-9-20(10-7-19)26-18(3)29-16-34-26/h4-7,9-10,12,14,16-17,22-23,25,31H,8,11,13,15H2,1-3H3/t22-,23+,25-/m1/s1. The molecule has 1 fully saturated rings. The number of rotatable bonds is 8. The van der Waals surface area contributed by atoms with E-state index in [1.54, 1.807) is 28.6 Å². The van der Waals surface area contributed by atoms with Crippen LogP contribution in [0.4, 0.5) is 0 Å². The summed E-state index contributed by atoms with van der Waals surface area (Å²) in [6, 6.07) is 11.4. The summed E-state index contributed by atoms with van der Waals surface area (Å²) in [7, 11) is 0. The van der Waals surface area contributed by atoms with Crippen LogP contribution in [0.3, 0.4) is 0 Å². The highest BCUT2D eigenvalue weighted by atomic mass is 32.1. The van der Waals surface area contributed by atoms with E-state index in [1.165, 1.54) is 0 Å². The maximum absolute atomic E-state index is 13.5. The third-order valence-electron chi connectivity index (χ3n) is 6.53. The fraction of sp³-hybridized carbons (Fsp3) is 0.407. The van der Waals surface area contributed by atoms with E-state index in [4.69, 9.17) is 0 Å². The van der Waals surface area contributed by atoms with E-state index in [0.29, 0.717) is 19.3 Å². The fourth-order valence-corrected chi connectivity index (χ4v) is 5.56. The van der Waals surface area contributed by atoms with Gasteiger partial charge in [0.1, 0.15) is 0 Å². The highest BCUT2D eigenvalue weighted by Gasteiger charge is 2.41. The highest BCUT2D eigenvalue weighted by molar-refractivity contribution is 7.13. The lowest BCUT2D eigenvalue weighted by molar-refractivity contribution is -0.139. The fourth-order valence-electron chi connectivity index (χ4n) is 4.75. The van der Waals surface area contributed by atoms with Crippen molar-refractivity contribution in [2.75, 3.05) is 6.54 Å². The van der Waals surface area contributed by atoms with Crippen molar-refractivity contribution in [1.82, 2.24) is 14.9 Å². The zero-order valence-electron chi connectivity index (χ0n) is 19.8. The first-order valence-corrected chi connectivity index (χ1v) is 12.6. The molecular weight excluding hydrogens is 446 g/mol. The Bertz CT molecular complexity index is 1130. The summed E-state index contributed by atoms with van der Waals surface area (Å²) in [6.07, 6.45) is 3.95. The molecular formula is C27H31N3O3S. The van der Waals surface area contributed by atoms with Crippen LogP contribution in [0.25, 0.3) is 10.4 Å². The molecule has 0 bridgehead atoms. The zero-order valence-corrected chi connectivity index (χ0v) is 20.7. The number of ketones is 1. The van der Waals surface area contributed by atoms with Gasteiger partial charge in [-0.05, 0) is 42.0 Å². The van der Waals surface area contributed by atoms with Gasteiger partial charge in [0.05, 0.1) is 34.1 Å². The van der Waals surface area contributed by atoms with Crippen LogP contribution in [0.2, 0.25) is 0 Å². The molecule has 1 saturated heterocycles. The van der Waals surface area contributed by atoms with Gasteiger partial charge in [-0.3, -0.25) is 14.6 Å². The van der Waals surface area contributed by atoms with Crippen LogP contribution in [-0.2, 0) is 16.0 Å². The van der Waals surface area contributed by atoms with E-state index in [-0.39, 0.29) is 24.2 Å². The molecule has 3 atom stereocenters. The SMILES string of the molecule is Cc1ncsc1-c1ccc(CCC(=O)[C@@H]2C[C@@H](O)CN2C(=O)[C@@H](c2cccnc2)C(C)C)cc1. The number of aliphatic hydroxyl groups is 1. The minimum Gasteiger partial charge on any atom is -0.391 e. The van der Waals surface area contributed by atoms with E-state index < -0.39 is 18.1 Å². The summed E-state index contributed by atoms with van der Waals surface area (Å²) in [5, 5.41) is 10.3. The molecule has 178 valence electrons. The Morgan fingerprint density at radius 3 is 2.59 bits per heavy atom. The van der Waals surface area contributed by atoms with Gasteiger partial charge in [-0.1, -0.05) is 44.2 Å². The van der Waals surface area contributed by atoms with Gasteiger partial charge in [0.15, 0.2) is 5.78 Å². The van der Waals surface area contributed by atoms with Crippen molar-refractivity contribution in [1.29, 1.82) is 0 Å². The molecule has 6 nitrogen and oxygen atoms in total. The maximum atomic E-state index is 13.5. The second-order valence-electron chi connectivity index (χ2n) is 9.33. The predicted octanol–water partition coefficient (Wildman–Crippen LogP) is 4.42. The summed E-state index contributed by atoms with van der Waals surface area (Å²) < 4.78 is 0. The van der Waals surface area contributed by atoms with Crippen LogP contribution in [-0.4, -0.2) is 50.4 Å². The summed E-state index contributed by atoms with van der Waals surface area (Å²) in [6.45, 7) is 6.19. The molecule has 3 heterocycles. The van der Waals surface area contributed by atoms with Gasteiger partial charge in [-0.2, -0.15) is 0 Å². The van der Waals surface area contributed by atoms with Crippen molar-refractivity contribution in [2.24, 2.45) is 5.92 Å². The van der Waals surface area contributed by atoms with Crippen LogP contribution >= 0.6 is 11.3 Å². The Hall–Kier alpha value is -2.90. The topological polar surface area (TPSA) is 83.4 Å². The summed E-state index contributed by atoms with van der Waals surface area (Å²) in [4.78, 5) is 37.9. The van der Waals surface area contributed by atoms with Crippen molar-refractivity contribution in [2.45, 2.75) is 58.1 Å². The van der Waals surface area contributed by atoms with Gasteiger partial charge in [0.25, 0.3) is 0 Å². The van der Waals surface area contributed by atoms with Gasteiger partial charge in [-0.15, -0.1) is 11.3 Å². The van der Waals surface area contributed by atoms with Crippen molar-refractivity contribution in [3.8, 4) is 10.4 Å². The molecule has 0 saturated carbocycles. The average molecular weight is 478 g/mol. The Morgan fingerprint density at radius 1 is 1.21 bits per heavy atom. The second kappa shape index (κ2) is 10.6. The minimum absolute atomic E-state index is 0.000899.